The molecule has 150 valence electrons. The van der Waals surface area contributed by atoms with Crippen LogP contribution in [0.4, 0.5) is 22.9 Å². The number of amides is 1. The third kappa shape index (κ3) is 4.90. The van der Waals surface area contributed by atoms with Crippen molar-refractivity contribution in [2.45, 2.75) is 27.7 Å². The van der Waals surface area contributed by atoms with Gasteiger partial charge in [0.2, 0.25) is 0 Å². The summed E-state index contributed by atoms with van der Waals surface area (Å²) < 4.78 is 0. The van der Waals surface area contributed by atoms with Gasteiger partial charge in [-0.3, -0.25) is 4.79 Å². The first-order valence-corrected chi connectivity index (χ1v) is 9.52. The molecule has 3 rings (SSSR count). The molecule has 0 saturated heterocycles. The lowest BCUT2D eigenvalue weighted by Gasteiger charge is -2.15. The molecule has 0 spiro atoms. The van der Waals surface area contributed by atoms with Gasteiger partial charge in [0, 0.05) is 37.2 Å². The van der Waals surface area contributed by atoms with E-state index in [2.05, 4.69) is 53.5 Å². The van der Waals surface area contributed by atoms with Gasteiger partial charge >= 0.3 is 0 Å². The van der Waals surface area contributed by atoms with Crippen molar-refractivity contribution in [2.75, 3.05) is 29.6 Å². The average molecular weight is 390 g/mol. The maximum atomic E-state index is 12.7. The maximum Gasteiger partial charge on any atom is 0.274 e. The lowest BCUT2D eigenvalue weighted by atomic mass is 10.1. The summed E-state index contributed by atoms with van der Waals surface area (Å²) in [5.74, 6) is 0.861. The van der Waals surface area contributed by atoms with Crippen molar-refractivity contribution in [1.82, 2.24) is 9.97 Å². The monoisotopic (exact) mass is 389 g/mol. The van der Waals surface area contributed by atoms with Crippen molar-refractivity contribution < 1.29 is 4.79 Å². The molecule has 0 aliphatic heterocycles. The smallest absolute Gasteiger partial charge is 0.274 e. The summed E-state index contributed by atoms with van der Waals surface area (Å²) in [6, 6.07) is 13.6. The fourth-order valence-electron chi connectivity index (χ4n) is 3.29. The number of rotatable bonds is 5. The van der Waals surface area contributed by atoms with Gasteiger partial charge in [-0.25, -0.2) is 9.97 Å². The molecule has 2 N–H and O–H groups in total. The Kier molecular flexibility index (Phi) is 5.82. The van der Waals surface area contributed by atoms with Crippen LogP contribution in [-0.4, -0.2) is 30.0 Å². The number of nitrogens with zero attached hydrogens (tertiary/aromatic N) is 3. The maximum absolute atomic E-state index is 12.7. The summed E-state index contributed by atoms with van der Waals surface area (Å²) in [6.07, 6.45) is 0. The van der Waals surface area contributed by atoms with E-state index in [-0.39, 0.29) is 5.91 Å². The third-order valence-electron chi connectivity index (χ3n) is 4.64. The second-order valence-electron chi connectivity index (χ2n) is 7.48. The van der Waals surface area contributed by atoms with Gasteiger partial charge in [-0.15, -0.1) is 0 Å². The predicted molar refractivity (Wildman–Crippen MR) is 119 cm³/mol. The number of benzene rings is 2. The molecule has 0 aliphatic carbocycles. The fourth-order valence-corrected chi connectivity index (χ4v) is 3.29. The van der Waals surface area contributed by atoms with E-state index in [0.717, 1.165) is 28.2 Å². The van der Waals surface area contributed by atoms with E-state index in [1.807, 2.05) is 43.3 Å². The fraction of sp³-hybridized carbons (Fsp3) is 0.261. The highest BCUT2D eigenvalue weighted by Gasteiger charge is 2.13. The van der Waals surface area contributed by atoms with Crippen LogP contribution in [0.5, 0.6) is 0 Å². The molecule has 0 radical (unpaired) electrons. The zero-order valence-corrected chi connectivity index (χ0v) is 17.8. The second-order valence-corrected chi connectivity index (χ2v) is 7.48. The molecule has 6 nitrogen and oxygen atoms in total. The highest BCUT2D eigenvalue weighted by Crippen LogP contribution is 2.25. The predicted octanol–water partition coefficient (Wildman–Crippen LogP) is 4.77. The summed E-state index contributed by atoms with van der Waals surface area (Å²) in [5, 5.41) is 6.25. The lowest BCUT2D eigenvalue weighted by Crippen LogP contribution is -2.16. The SMILES string of the molecule is Cc1cc(C)c(Nc2cc(C(=O)Nc3ccc(N(C)C)cc3)nc(C)n2)c(C)c1. The number of nitrogens with one attached hydrogen (secondary N) is 2. The first-order chi connectivity index (χ1) is 13.7. The molecule has 0 atom stereocenters. The van der Waals surface area contributed by atoms with Crippen LogP contribution in [-0.2, 0) is 0 Å². The molecule has 1 heterocycles. The Morgan fingerprint density at radius 2 is 1.52 bits per heavy atom. The van der Waals surface area contributed by atoms with Crippen LogP contribution >= 0.6 is 0 Å². The van der Waals surface area contributed by atoms with Crippen LogP contribution in [0.15, 0.2) is 42.5 Å². The van der Waals surface area contributed by atoms with Crippen LogP contribution in [0.3, 0.4) is 0 Å². The van der Waals surface area contributed by atoms with Gasteiger partial charge < -0.3 is 15.5 Å². The Balaban J connectivity index is 1.82. The van der Waals surface area contributed by atoms with Crippen molar-refractivity contribution >= 4 is 28.8 Å². The molecule has 29 heavy (non-hydrogen) atoms. The Hall–Kier alpha value is -3.41. The highest BCUT2D eigenvalue weighted by molar-refractivity contribution is 6.03. The summed E-state index contributed by atoms with van der Waals surface area (Å²) in [5.41, 5.74) is 6.58. The van der Waals surface area contributed by atoms with Gasteiger partial charge in [0.25, 0.3) is 5.91 Å². The molecule has 0 saturated carbocycles. The van der Waals surface area contributed by atoms with Crippen molar-refractivity contribution in [1.29, 1.82) is 0 Å². The number of carbonyl (C=O) groups is 1. The minimum absolute atomic E-state index is 0.270. The zero-order chi connectivity index (χ0) is 21.1. The van der Waals surface area contributed by atoms with Crippen molar-refractivity contribution in [2.24, 2.45) is 0 Å². The number of aryl methyl sites for hydroxylation is 4. The molecule has 2 aromatic carbocycles. The molecule has 0 bridgehead atoms. The summed E-state index contributed by atoms with van der Waals surface area (Å²) in [4.78, 5) is 23.5. The number of hydrogen-bond donors (Lipinski definition) is 2. The Morgan fingerprint density at radius 3 is 2.10 bits per heavy atom. The minimum Gasteiger partial charge on any atom is -0.378 e. The van der Waals surface area contributed by atoms with Gasteiger partial charge in [-0.1, -0.05) is 17.7 Å². The van der Waals surface area contributed by atoms with Crippen LogP contribution in [0.25, 0.3) is 0 Å². The first kappa shape index (κ1) is 20.3. The van der Waals surface area contributed by atoms with Crippen LogP contribution in [0.2, 0.25) is 0 Å². The van der Waals surface area contributed by atoms with E-state index in [1.165, 1.54) is 5.56 Å². The summed E-state index contributed by atoms with van der Waals surface area (Å²) in [7, 11) is 3.95. The largest absolute Gasteiger partial charge is 0.378 e. The van der Waals surface area contributed by atoms with Gasteiger partial charge in [-0.2, -0.15) is 0 Å². The molecule has 1 amide bonds. The summed E-state index contributed by atoms with van der Waals surface area (Å²) in [6.45, 7) is 7.97. The van der Waals surface area contributed by atoms with E-state index in [4.69, 9.17) is 0 Å². The van der Waals surface area contributed by atoms with Crippen LogP contribution in [0.1, 0.15) is 33.0 Å². The van der Waals surface area contributed by atoms with E-state index in [9.17, 15) is 4.79 Å². The number of aromatic nitrogens is 2. The average Bonchev–Trinajstić information content (AvgIpc) is 2.64. The van der Waals surface area contributed by atoms with Crippen LogP contribution < -0.4 is 15.5 Å². The van der Waals surface area contributed by atoms with Crippen molar-refractivity contribution in [3.05, 3.63) is 70.7 Å². The Bertz CT molecular complexity index is 1020. The number of anilines is 4. The van der Waals surface area contributed by atoms with E-state index in [0.29, 0.717) is 17.3 Å². The third-order valence-corrected chi connectivity index (χ3v) is 4.64. The van der Waals surface area contributed by atoms with E-state index < -0.39 is 0 Å². The number of carbonyl (C=O) groups excluding carboxylic acids is 1. The van der Waals surface area contributed by atoms with Gasteiger partial charge in [0.15, 0.2) is 0 Å². The van der Waals surface area contributed by atoms with Gasteiger partial charge in [0.05, 0.1) is 0 Å². The standard InChI is InChI=1S/C23H27N5O/c1-14-11-15(2)22(16(3)12-14)27-21-13-20(24-17(4)25-21)23(29)26-18-7-9-19(10-8-18)28(5)6/h7-13H,1-6H3,(H,26,29)(H,24,25,27). The lowest BCUT2D eigenvalue weighted by molar-refractivity contribution is 0.102. The molecule has 6 heteroatoms. The highest BCUT2D eigenvalue weighted by atomic mass is 16.1. The minimum atomic E-state index is -0.270. The van der Waals surface area contributed by atoms with E-state index >= 15 is 0 Å². The van der Waals surface area contributed by atoms with Crippen molar-refractivity contribution in [3.8, 4) is 0 Å². The molecule has 0 fully saturated rings. The summed E-state index contributed by atoms with van der Waals surface area (Å²) >= 11 is 0. The number of hydrogen-bond acceptors (Lipinski definition) is 5. The van der Waals surface area contributed by atoms with Gasteiger partial charge in [0.1, 0.15) is 17.3 Å². The second kappa shape index (κ2) is 8.31. The Labute approximate surface area is 172 Å². The van der Waals surface area contributed by atoms with E-state index in [1.54, 1.807) is 13.0 Å². The Morgan fingerprint density at radius 1 is 0.897 bits per heavy atom. The van der Waals surface area contributed by atoms with Crippen LogP contribution in [0, 0.1) is 27.7 Å². The molecule has 0 aliphatic rings. The quantitative estimate of drug-likeness (QED) is 0.658. The van der Waals surface area contributed by atoms with Crippen molar-refractivity contribution in [3.63, 3.8) is 0 Å². The molecule has 3 aromatic rings. The van der Waals surface area contributed by atoms with Gasteiger partial charge in [-0.05, 0) is 63.1 Å². The molecular weight excluding hydrogens is 362 g/mol. The molecule has 0 unspecified atom stereocenters. The molecule has 1 aromatic heterocycles. The molecular formula is C23H27N5O. The topological polar surface area (TPSA) is 70.2 Å². The zero-order valence-electron chi connectivity index (χ0n) is 17.8. The first-order valence-electron chi connectivity index (χ1n) is 9.52. The normalized spacial score (nSPS) is 10.6.